The minimum absolute atomic E-state index is 0.119. The van der Waals surface area contributed by atoms with Gasteiger partial charge >= 0.3 is 0 Å². The van der Waals surface area contributed by atoms with Crippen LogP contribution in [0, 0.1) is 6.92 Å². The van der Waals surface area contributed by atoms with Crippen LogP contribution in [-0.2, 0) is 16.0 Å². The van der Waals surface area contributed by atoms with E-state index in [2.05, 4.69) is 5.32 Å². The Balaban J connectivity index is 1.41. The van der Waals surface area contributed by atoms with Crippen molar-refractivity contribution in [3.63, 3.8) is 0 Å². The maximum Gasteiger partial charge on any atom is 0.259 e. The van der Waals surface area contributed by atoms with E-state index in [0.29, 0.717) is 17.4 Å². The predicted octanol–water partition coefficient (Wildman–Crippen LogP) is 4.96. The van der Waals surface area contributed by atoms with Crippen LogP contribution in [0.15, 0.2) is 88.8 Å². The van der Waals surface area contributed by atoms with Crippen LogP contribution in [0.3, 0.4) is 0 Å². The van der Waals surface area contributed by atoms with E-state index in [4.69, 9.17) is 9.98 Å². The van der Waals surface area contributed by atoms with Crippen LogP contribution in [0.5, 0.6) is 0 Å². The lowest BCUT2D eigenvalue weighted by Gasteiger charge is -2.27. The second-order valence-corrected chi connectivity index (χ2v) is 9.62. The third-order valence-electron chi connectivity index (χ3n) is 5.87. The van der Waals surface area contributed by atoms with Gasteiger partial charge in [0.1, 0.15) is 11.9 Å². The van der Waals surface area contributed by atoms with Gasteiger partial charge in [-0.3, -0.25) is 14.6 Å². The normalized spacial score (nSPS) is 17.4. The molecule has 0 unspecified atom stereocenters. The Hall–Kier alpha value is -3.71. The Bertz CT molecular complexity index is 1320. The molecule has 0 fully saturated rings. The lowest BCUT2D eigenvalue weighted by atomic mass is 10.1. The number of benzene rings is 3. The van der Waals surface area contributed by atoms with Gasteiger partial charge in [-0.2, -0.15) is 0 Å². The van der Waals surface area contributed by atoms with Crippen molar-refractivity contribution in [2.45, 2.75) is 31.6 Å². The van der Waals surface area contributed by atoms with Gasteiger partial charge in [0.25, 0.3) is 5.91 Å². The van der Waals surface area contributed by atoms with Crippen molar-refractivity contribution in [2.24, 2.45) is 9.98 Å². The number of nitrogens with zero attached hydrogens (tertiary/aromatic N) is 3. The number of thioether (sulfide) groups is 1. The molecule has 2 atom stereocenters. The summed E-state index contributed by atoms with van der Waals surface area (Å²) in [5.74, 6) is 0.337. The van der Waals surface area contributed by atoms with Crippen LogP contribution in [0.4, 0.5) is 11.4 Å². The van der Waals surface area contributed by atoms with Crippen LogP contribution in [0.1, 0.15) is 23.6 Å². The fraction of sp³-hybridized carbons (Fsp3) is 0.185. The highest BCUT2D eigenvalue weighted by atomic mass is 32.2. The van der Waals surface area contributed by atoms with Crippen LogP contribution >= 0.6 is 11.8 Å². The third kappa shape index (κ3) is 4.26. The Morgan fingerprint density at radius 1 is 1.03 bits per heavy atom. The van der Waals surface area contributed by atoms with E-state index in [0.717, 1.165) is 28.1 Å². The number of amidine groups is 2. The molecule has 0 saturated carbocycles. The first kappa shape index (κ1) is 22.1. The molecular weight excluding hydrogens is 444 g/mol. The van der Waals surface area contributed by atoms with E-state index in [9.17, 15) is 9.59 Å². The summed E-state index contributed by atoms with van der Waals surface area (Å²) < 4.78 is 0. The van der Waals surface area contributed by atoms with E-state index in [1.165, 1.54) is 11.8 Å². The number of amides is 2. The maximum absolute atomic E-state index is 13.5. The zero-order valence-electron chi connectivity index (χ0n) is 18.9. The number of aryl methyl sites for hydroxylation is 1. The lowest BCUT2D eigenvalue weighted by Crippen LogP contribution is -2.42. The predicted molar refractivity (Wildman–Crippen MR) is 138 cm³/mol. The number of hydrogen-bond donors (Lipinski definition) is 1. The number of carbonyl (C=O) groups is 2. The third-order valence-corrected chi connectivity index (χ3v) is 6.93. The van der Waals surface area contributed by atoms with Crippen molar-refractivity contribution >= 4 is 46.0 Å². The van der Waals surface area contributed by atoms with Crippen molar-refractivity contribution in [1.82, 2.24) is 4.90 Å². The van der Waals surface area contributed by atoms with Crippen LogP contribution < -0.4 is 5.32 Å². The number of carbonyl (C=O) groups excluding carboxylic acids is 2. The molecule has 2 aliphatic heterocycles. The van der Waals surface area contributed by atoms with Gasteiger partial charge in [-0.25, -0.2) is 9.89 Å². The molecular formula is C27H24N4O2S. The number of fused-ring (bicyclic) bond motifs is 3. The van der Waals surface area contributed by atoms with Gasteiger partial charge in [-0.05, 0) is 43.2 Å². The summed E-state index contributed by atoms with van der Waals surface area (Å²) in [4.78, 5) is 37.6. The Kier molecular flexibility index (Phi) is 6.02. The van der Waals surface area contributed by atoms with E-state index in [1.807, 2.05) is 92.7 Å². The molecule has 0 radical (unpaired) electrons. The van der Waals surface area contributed by atoms with E-state index < -0.39 is 11.3 Å². The first-order valence-electron chi connectivity index (χ1n) is 11.2. The number of aliphatic imine (C=N–C) groups is 2. The monoisotopic (exact) mass is 468 g/mol. The Morgan fingerprint density at radius 2 is 1.74 bits per heavy atom. The molecule has 0 aliphatic carbocycles. The highest BCUT2D eigenvalue weighted by molar-refractivity contribution is 8.15. The Morgan fingerprint density at radius 3 is 2.53 bits per heavy atom. The molecule has 170 valence electrons. The van der Waals surface area contributed by atoms with Crippen molar-refractivity contribution < 1.29 is 9.59 Å². The highest BCUT2D eigenvalue weighted by Gasteiger charge is 2.42. The smallest absolute Gasteiger partial charge is 0.259 e. The first-order chi connectivity index (χ1) is 16.5. The molecule has 7 heteroatoms. The second kappa shape index (κ2) is 9.27. The second-order valence-electron chi connectivity index (χ2n) is 8.31. The van der Waals surface area contributed by atoms with Gasteiger partial charge in [0.15, 0.2) is 5.17 Å². The van der Waals surface area contributed by atoms with Gasteiger partial charge in [0.2, 0.25) is 5.91 Å². The molecule has 6 nitrogen and oxygen atoms in total. The summed E-state index contributed by atoms with van der Waals surface area (Å²) in [7, 11) is 0. The summed E-state index contributed by atoms with van der Waals surface area (Å²) in [6, 6.07) is 24.7. The Labute approximate surface area is 202 Å². The molecule has 2 heterocycles. The molecule has 0 bridgehead atoms. The minimum Gasteiger partial charge on any atom is -0.325 e. The number of nitrogens with one attached hydrogen (secondary N) is 1. The van der Waals surface area contributed by atoms with Crippen molar-refractivity contribution in [3.8, 4) is 0 Å². The van der Waals surface area contributed by atoms with Gasteiger partial charge in [0, 0.05) is 17.7 Å². The summed E-state index contributed by atoms with van der Waals surface area (Å²) in [6.07, 6.45) is 0.517. The molecule has 0 saturated heterocycles. The number of hydrogen-bond acceptors (Lipinski definition) is 5. The lowest BCUT2D eigenvalue weighted by molar-refractivity contribution is -0.124. The van der Waals surface area contributed by atoms with Crippen LogP contribution in [-0.4, -0.2) is 39.0 Å². The van der Waals surface area contributed by atoms with E-state index in [-0.39, 0.29) is 11.8 Å². The van der Waals surface area contributed by atoms with Crippen molar-refractivity contribution in [2.75, 3.05) is 5.32 Å². The number of rotatable bonds is 5. The molecule has 3 aromatic rings. The van der Waals surface area contributed by atoms with E-state index >= 15 is 0 Å². The van der Waals surface area contributed by atoms with Crippen LogP contribution in [0.25, 0.3) is 0 Å². The van der Waals surface area contributed by atoms with Gasteiger partial charge < -0.3 is 5.32 Å². The van der Waals surface area contributed by atoms with Gasteiger partial charge in [-0.15, -0.1) is 0 Å². The summed E-state index contributed by atoms with van der Waals surface area (Å²) in [5, 5.41) is 2.99. The SMILES string of the molecule is Cc1ccccc1NC(=O)[C@@H](C)SC1=Nc2ccccc2C2=N[C@@H](Cc3ccccc3)C(=O)N12. The number of anilines is 1. The maximum atomic E-state index is 13.5. The molecule has 2 amide bonds. The molecule has 0 spiro atoms. The number of para-hydroxylation sites is 2. The summed E-state index contributed by atoms with van der Waals surface area (Å²) in [6.45, 7) is 3.77. The van der Waals surface area contributed by atoms with E-state index in [1.54, 1.807) is 4.90 Å². The standard InChI is InChI=1S/C27H24N4O2S/c1-17-10-6-8-14-21(17)29-25(32)18(2)34-27-30-22-15-9-7-13-20(22)24-28-23(26(33)31(24)27)16-19-11-4-3-5-12-19/h3-15,18,23H,16H2,1-2H3,(H,29,32)/t18-,23+/m1/s1. The molecule has 2 aliphatic rings. The molecule has 1 N–H and O–H groups in total. The van der Waals surface area contributed by atoms with Gasteiger partial charge in [0.05, 0.1) is 10.9 Å². The molecule has 3 aromatic carbocycles. The largest absolute Gasteiger partial charge is 0.325 e. The molecule has 5 rings (SSSR count). The quantitative estimate of drug-likeness (QED) is 0.575. The summed E-state index contributed by atoms with van der Waals surface area (Å²) >= 11 is 1.27. The fourth-order valence-electron chi connectivity index (χ4n) is 4.01. The highest BCUT2D eigenvalue weighted by Crippen LogP contribution is 2.35. The zero-order valence-corrected chi connectivity index (χ0v) is 19.8. The topological polar surface area (TPSA) is 74.1 Å². The van der Waals surface area contributed by atoms with Crippen molar-refractivity contribution in [3.05, 3.63) is 95.6 Å². The van der Waals surface area contributed by atoms with Crippen molar-refractivity contribution in [1.29, 1.82) is 0 Å². The molecule has 34 heavy (non-hydrogen) atoms. The fourth-order valence-corrected chi connectivity index (χ4v) is 4.93. The van der Waals surface area contributed by atoms with Gasteiger partial charge in [-0.1, -0.05) is 72.4 Å². The minimum atomic E-state index is -0.523. The zero-order chi connectivity index (χ0) is 23.7. The average Bonchev–Trinajstić information content (AvgIpc) is 3.17. The average molecular weight is 469 g/mol. The van der Waals surface area contributed by atoms with Crippen LogP contribution in [0.2, 0.25) is 0 Å². The first-order valence-corrected chi connectivity index (χ1v) is 12.1. The molecule has 0 aromatic heterocycles. The summed E-state index contributed by atoms with van der Waals surface area (Å²) in [5.41, 5.74) is 4.39.